The van der Waals surface area contributed by atoms with Gasteiger partial charge in [-0.25, -0.2) is 13.1 Å². The molecule has 21 heavy (non-hydrogen) atoms. The first-order valence-corrected chi connectivity index (χ1v) is 10.5. The van der Waals surface area contributed by atoms with Gasteiger partial charge in [0.1, 0.15) is 0 Å². The Hall–Kier alpha value is -0.430. The van der Waals surface area contributed by atoms with Crippen molar-refractivity contribution in [2.24, 2.45) is 0 Å². The molecule has 0 spiro atoms. The number of hydrogen-bond acceptors (Lipinski definition) is 4. The van der Waals surface area contributed by atoms with E-state index in [2.05, 4.69) is 21.5 Å². The van der Waals surface area contributed by atoms with Crippen LogP contribution in [0.25, 0.3) is 0 Å². The molecule has 118 valence electrons. The van der Waals surface area contributed by atoms with Gasteiger partial charge in [-0.05, 0) is 62.1 Å². The van der Waals surface area contributed by atoms with E-state index in [1.54, 1.807) is 11.3 Å². The van der Waals surface area contributed by atoms with E-state index in [-0.39, 0.29) is 11.8 Å². The van der Waals surface area contributed by atoms with E-state index in [0.717, 1.165) is 38.6 Å². The van der Waals surface area contributed by atoms with Crippen LogP contribution >= 0.6 is 11.3 Å². The highest BCUT2D eigenvalue weighted by atomic mass is 32.2. The highest BCUT2D eigenvalue weighted by Gasteiger charge is 2.26. The Bertz CT molecular complexity index is 562. The molecule has 6 heteroatoms. The van der Waals surface area contributed by atoms with Gasteiger partial charge in [-0.1, -0.05) is 6.42 Å². The lowest BCUT2D eigenvalue weighted by atomic mass is 9.95. The molecule has 4 nitrogen and oxygen atoms in total. The Kier molecular flexibility index (Phi) is 4.99. The van der Waals surface area contributed by atoms with E-state index in [4.69, 9.17) is 0 Å². The van der Waals surface area contributed by atoms with Crippen molar-refractivity contribution in [1.82, 2.24) is 10.0 Å². The first kappa shape index (κ1) is 15.5. The third kappa shape index (κ3) is 4.06. The van der Waals surface area contributed by atoms with Crippen molar-refractivity contribution in [2.45, 2.75) is 57.0 Å². The number of sulfonamides is 1. The summed E-state index contributed by atoms with van der Waals surface area (Å²) >= 11 is 1.75. The number of fused-ring (bicyclic) bond motifs is 1. The number of hydrogen-bond donors (Lipinski definition) is 2. The molecule has 2 heterocycles. The molecular formula is C15H24N2O2S2. The molecule has 2 unspecified atom stereocenters. The molecule has 1 aliphatic carbocycles. The average Bonchev–Trinajstić information content (AvgIpc) is 2.96. The molecule has 1 aromatic heterocycles. The molecule has 0 radical (unpaired) electrons. The smallest absolute Gasteiger partial charge is 0.212 e. The number of aryl methyl sites for hydroxylation is 1. The van der Waals surface area contributed by atoms with Crippen LogP contribution in [0.1, 0.15) is 55.0 Å². The quantitative estimate of drug-likeness (QED) is 0.873. The molecule has 1 aromatic rings. The van der Waals surface area contributed by atoms with E-state index < -0.39 is 10.0 Å². The first-order chi connectivity index (χ1) is 10.1. The Labute approximate surface area is 131 Å². The van der Waals surface area contributed by atoms with E-state index in [9.17, 15) is 8.42 Å². The normalized spacial score (nSPS) is 26.5. The fourth-order valence-corrected chi connectivity index (χ4v) is 5.73. The van der Waals surface area contributed by atoms with Crippen molar-refractivity contribution >= 4 is 21.4 Å². The lowest BCUT2D eigenvalue weighted by Gasteiger charge is -2.25. The third-order valence-corrected chi connectivity index (χ3v) is 6.93. The van der Waals surface area contributed by atoms with Crippen molar-refractivity contribution in [2.75, 3.05) is 12.3 Å². The minimum atomic E-state index is -3.19. The summed E-state index contributed by atoms with van der Waals surface area (Å²) in [5, 5.41) is 5.49. The molecule has 2 atom stereocenters. The van der Waals surface area contributed by atoms with Crippen LogP contribution in [0.2, 0.25) is 0 Å². The molecule has 0 saturated carbocycles. The van der Waals surface area contributed by atoms with Crippen LogP contribution in [-0.4, -0.2) is 26.8 Å². The largest absolute Gasteiger partial charge is 0.314 e. The molecule has 3 rings (SSSR count). The van der Waals surface area contributed by atoms with Gasteiger partial charge in [0.05, 0.1) is 5.75 Å². The summed E-state index contributed by atoms with van der Waals surface area (Å²) in [6.07, 6.45) is 7.34. The monoisotopic (exact) mass is 328 g/mol. The molecule has 1 fully saturated rings. The molecule has 0 amide bonds. The number of piperidine rings is 1. The lowest BCUT2D eigenvalue weighted by Crippen LogP contribution is -2.38. The van der Waals surface area contributed by atoms with Crippen LogP contribution in [-0.2, 0) is 16.4 Å². The number of nitrogens with one attached hydrogen (secondary N) is 2. The average molecular weight is 329 g/mol. The molecule has 2 N–H and O–H groups in total. The van der Waals surface area contributed by atoms with Crippen molar-refractivity contribution in [3.8, 4) is 0 Å². The van der Waals surface area contributed by atoms with Crippen LogP contribution in [0, 0.1) is 0 Å². The highest BCUT2D eigenvalue weighted by molar-refractivity contribution is 7.89. The first-order valence-electron chi connectivity index (χ1n) is 7.94. The Balaban J connectivity index is 1.56. The van der Waals surface area contributed by atoms with Crippen molar-refractivity contribution in [1.29, 1.82) is 0 Å². The summed E-state index contributed by atoms with van der Waals surface area (Å²) in [7, 11) is -3.19. The second kappa shape index (κ2) is 6.77. The van der Waals surface area contributed by atoms with E-state index >= 15 is 0 Å². The molecule has 1 saturated heterocycles. The number of thiophene rings is 1. The summed E-state index contributed by atoms with van der Waals surface area (Å²) in [6, 6.07) is 2.44. The van der Waals surface area contributed by atoms with Crippen LogP contribution in [0.4, 0.5) is 0 Å². The summed E-state index contributed by atoms with van der Waals surface area (Å²) in [5.74, 6) is 0.237. The van der Waals surface area contributed by atoms with Gasteiger partial charge in [-0.2, -0.15) is 0 Å². The Morgan fingerprint density at radius 2 is 2.19 bits per heavy atom. The van der Waals surface area contributed by atoms with Crippen LogP contribution < -0.4 is 10.0 Å². The van der Waals surface area contributed by atoms with Gasteiger partial charge in [0.2, 0.25) is 10.0 Å². The molecule has 0 bridgehead atoms. The summed E-state index contributed by atoms with van der Waals surface area (Å²) in [5.41, 5.74) is 1.20. The van der Waals surface area contributed by atoms with Gasteiger partial charge in [-0.15, -0.1) is 11.3 Å². The Morgan fingerprint density at radius 3 is 3.00 bits per heavy atom. The van der Waals surface area contributed by atoms with Gasteiger partial charge in [0, 0.05) is 17.0 Å². The van der Waals surface area contributed by atoms with Gasteiger partial charge >= 0.3 is 0 Å². The van der Waals surface area contributed by atoms with Crippen LogP contribution in [0.5, 0.6) is 0 Å². The predicted molar refractivity (Wildman–Crippen MR) is 87.2 cm³/mol. The van der Waals surface area contributed by atoms with Gasteiger partial charge < -0.3 is 5.32 Å². The fourth-order valence-electron chi connectivity index (χ4n) is 3.35. The molecule has 1 aliphatic heterocycles. The van der Waals surface area contributed by atoms with E-state index in [1.165, 1.54) is 23.3 Å². The zero-order valence-electron chi connectivity index (χ0n) is 12.3. The Morgan fingerprint density at radius 1 is 1.29 bits per heavy atom. The maximum Gasteiger partial charge on any atom is 0.212 e. The summed E-state index contributed by atoms with van der Waals surface area (Å²) < 4.78 is 27.6. The third-order valence-electron chi connectivity index (χ3n) is 4.52. The fraction of sp³-hybridized carbons (Fsp3) is 0.733. The number of rotatable bonds is 5. The van der Waals surface area contributed by atoms with Gasteiger partial charge in [-0.3, -0.25) is 0 Å². The zero-order valence-corrected chi connectivity index (χ0v) is 13.9. The van der Waals surface area contributed by atoms with Gasteiger partial charge in [0.15, 0.2) is 0 Å². The highest BCUT2D eigenvalue weighted by Crippen LogP contribution is 2.33. The lowest BCUT2D eigenvalue weighted by molar-refractivity contribution is 0.391. The van der Waals surface area contributed by atoms with Gasteiger partial charge in [0.25, 0.3) is 0 Å². The predicted octanol–water partition coefficient (Wildman–Crippen LogP) is 2.58. The zero-order chi connectivity index (χ0) is 14.7. The van der Waals surface area contributed by atoms with Crippen molar-refractivity contribution < 1.29 is 8.42 Å². The standard InChI is InChI=1S/C15H24N2O2S2/c18-21(19,11-8-12-4-1-2-9-16-12)17-14-5-3-6-15-13(14)7-10-20-15/h7,10,12,14,16-17H,1-6,8-9,11H2. The maximum absolute atomic E-state index is 12.3. The second-order valence-electron chi connectivity index (χ2n) is 6.12. The van der Waals surface area contributed by atoms with Crippen molar-refractivity contribution in [3.05, 3.63) is 21.9 Å². The van der Waals surface area contributed by atoms with Crippen LogP contribution in [0.15, 0.2) is 11.4 Å². The molecule has 2 aliphatic rings. The van der Waals surface area contributed by atoms with Crippen molar-refractivity contribution in [3.63, 3.8) is 0 Å². The van der Waals surface area contributed by atoms with E-state index in [1.807, 2.05) is 0 Å². The SMILES string of the molecule is O=S(=O)(CCC1CCCCN1)NC1CCCc2sccc21. The minimum Gasteiger partial charge on any atom is -0.314 e. The topological polar surface area (TPSA) is 58.2 Å². The maximum atomic E-state index is 12.3. The molecule has 0 aromatic carbocycles. The van der Waals surface area contributed by atoms with Crippen LogP contribution in [0.3, 0.4) is 0 Å². The molecular weight excluding hydrogens is 304 g/mol. The minimum absolute atomic E-state index is 0.00989. The summed E-state index contributed by atoms with van der Waals surface area (Å²) in [6.45, 7) is 1.03. The van der Waals surface area contributed by atoms with E-state index in [0.29, 0.717) is 6.04 Å². The summed E-state index contributed by atoms with van der Waals surface area (Å²) in [4.78, 5) is 1.35. The second-order valence-corrected chi connectivity index (χ2v) is 8.99.